The van der Waals surface area contributed by atoms with E-state index in [1.54, 1.807) is 6.07 Å². The minimum Gasteiger partial charge on any atom is -0.508 e. The second-order valence-electron chi connectivity index (χ2n) is 4.16. The molecule has 0 saturated heterocycles. The Morgan fingerprint density at radius 3 is 2.94 bits per heavy atom. The molecule has 0 bridgehead atoms. The highest BCUT2D eigenvalue weighted by Crippen LogP contribution is 2.20. The van der Waals surface area contributed by atoms with Gasteiger partial charge in [-0.25, -0.2) is 4.79 Å². The second-order valence-corrected chi connectivity index (χ2v) is 4.16. The molecule has 1 atom stereocenters. The van der Waals surface area contributed by atoms with Crippen LogP contribution in [-0.4, -0.2) is 28.9 Å². The molecule has 0 radical (unpaired) electrons. The van der Waals surface area contributed by atoms with Gasteiger partial charge in [0.05, 0.1) is 6.10 Å². The minimum atomic E-state index is -0.742. The molecular weight excluding hydrogens is 232 g/mol. The number of aliphatic hydroxyl groups excluding tert-OH is 1. The molecule has 2 N–H and O–H groups in total. The number of aromatic hydroxyl groups is 1. The summed E-state index contributed by atoms with van der Waals surface area (Å²) in [5.74, 6) is -0.330. The summed E-state index contributed by atoms with van der Waals surface area (Å²) < 4.78 is 4.73. The van der Waals surface area contributed by atoms with Crippen LogP contribution < -0.4 is 0 Å². The third-order valence-electron chi connectivity index (χ3n) is 2.57. The number of ether oxygens (including phenoxy) is 1. The lowest BCUT2D eigenvalue weighted by Crippen LogP contribution is -2.18. The van der Waals surface area contributed by atoms with E-state index >= 15 is 0 Å². The van der Waals surface area contributed by atoms with E-state index < -0.39 is 12.1 Å². The molecule has 0 spiro atoms. The number of rotatable bonds is 6. The van der Waals surface area contributed by atoms with Gasteiger partial charge in [-0.15, -0.1) is 0 Å². The Hall–Kier alpha value is -1.81. The van der Waals surface area contributed by atoms with Crippen LogP contribution in [0.3, 0.4) is 0 Å². The van der Waals surface area contributed by atoms with E-state index in [2.05, 4.69) is 6.58 Å². The fraction of sp³-hybridized carbons (Fsp3) is 0.357. The van der Waals surface area contributed by atoms with Gasteiger partial charge in [-0.2, -0.15) is 0 Å². The lowest BCUT2D eigenvalue weighted by Gasteiger charge is -2.11. The fourth-order valence-corrected chi connectivity index (χ4v) is 1.56. The number of phenolic OH excluding ortho intramolecular Hbond substituents is 1. The standard InChI is InChI=1S/C14H18O4/c1-3-14(17)18-9-12(15)6-5-11-8-10(2)4-7-13(11)16/h3-4,7-8,12,15-16H,1,5-6,9H2,2H3. The molecule has 0 fully saturated rings. The lowest BCUT2D eigenvalue weighted by molar-refractivity contribution is -0.140. The molecule has 1 rings (SSSR count). The van der Waals surface area contributed by atoms with Crippen LogP contribution in [0.25, 0.3) is 0 Å². The van der Waals surface area contributed by atoms with Crippen LogP contribution in [-0.2, 0) is 16.0 Å². The topological polar surface area (TPSA) is 66.8 Å². The van der Waals surface area contributed by atoms with Crippen LogP contribution in [0.15, 0.2) is 30.9 Å². The van der Waals surface area contributed by atoms with Crippen molar-refractivity contribution in [3.8, 4) is 5.75 Å². The van der Waals surface area contributed by atoms with Crippen molar-refractivity contribution in [1.82, 2.24) is 0 Å². The molecule has 0 saturated carbocycles. The van der Waals surface area contributed by atoms with Gasteiger partial charge in [-0.05, 0) is 31.4 Å². The molecule has 0 aliphatic heterocycles. The van der Waals surface area contributed by atoms with Crippen LogP contribution in [0, 0.1) is 6.92 Å². The number of carbonyl (C=O) groups excluding carboxylic acids is 1. The summed E-state index contributed by atoms with van der Waals surface area (Å²) in [6.45, 7) is 5.14. The predicted molar refractivity (Wildman–Crippen MR) is 68.3 cm³/mol. The SMILES string of the molecule is C=CC(=O)OCC(O)CCc1cc(C)ccc1O. The number of carbonyl (C=O) groups is 1. The molecule has 98 valence electrons. The van der Waals surface area contributed by atoms with Crippen molar-refractivity contribution in [2.24, 2.45) is 0 Å². The first-order valence-corrected chi connectivity index (χ1v) is 5.78. The minimum absolute atomic E-state index is 0.0581. The molecule has 1 unspecified atom stereocenters. The number of hydrogen-bond acceptors (Lipinski definition) is 4. The van der Waals surface area contributed by atoms with Gasteiger partial charge in [0.25, 0.3) is 0 Å². The summed E-state index contributed by atoms with van der Waals surface area (Å²) in [7, 11) is 0. The molecule has 4 heteroatoms. The second kappa shape index (κ2) is 6.81. The van der Waals surface area contributed by atoms with E-state index in [0.29, 0.717) is 12.8 Å². The average molecular weight is 250 g/mol. The van der Waals surface area contributed by atoms with Gasteiger partial charge in [0.2, 0.25) is 0 Å². The molecule has 0 amide bonds. The Kier molecular flexibility index (Phi) is 5.39. The van der Waals surface area contributed by atoms with Crippen molar-refractivity contribution < 1.29 is 19.7 Å². The number of esters is 1. The largest absolute Gasteiger partial charge is 0.508 e. The molecule has 0 aliphatic rings. The van der Waals surface area contributed by atoms with Crippen LogP contribution in [0.4, 0.5) is 0 Å². The zero-order chi connectivity index (χ0) is 13.5. The molecule has 4 nitrogen and oxygen atoms in total. The monoisotopic (exact) mass is 250 g/mol. The van der Waals surface area contributed by atoms with Crippen molar-refractivity contribution in [3.05, 3.63) is 42.0 Å². The number of benzene rings is 1. The fourth-order valence-electron chi connectivity index (χ4n) is 1.56. The maximum absolute atomic E-state index is 10.8. The summed E-state index contributed by atoms with van der Waals surface area (Å²) in [6.07, 6.45) is 1.26. The van der Waals surface area contributed by atoms with Gasteiger partial charge in [0.15, 0.2) is 0 Å². The van der Waals surface area contributed by atoms with Gasteiger partial charge < -0.3 is 14.9 Å². The molecule has 1 aromatic carbocycles. The number of aliphatic hydroxyl groups is 1. The Morgan fingerprint density at radius 1 is 1.56 bits per heavy atom. The van der Waals surface area contributed by atoms with Crippen molar-refractivity contribution in [2.75, 3.05) is 6.61 Å². The van der Waals surface area contributed by atoms with E-state index in [-0.39, 0.29) is 12.4 Å². The van der Waals surface area contributed by atoms with Gasteiger partial charge in [0.1, 0.15) is 12.4 Å². The first-order chi connectivity index (χ1) is 8.52. The molecule has 0 aliphatic carbocycles. The van der Waals surface area contributed by atoms with Crippen LogP contribution in [0.5, 0.6) is 5.75 Å². The van der Waals surface area contributed by atoms with E-state index in [4.69, 9.17) is 4.74 Å². The smallest absolute Gasteiger partial charge is 0.330 e. The van der Waals surface area contributed by atoms with Crippen molar-refractivity contribution >= 4 is 5.97 Å². The Labute approximate surface area is 107 Å². The zero-order valence-electron chi connectivity index (χ0n) is 10.4. The number of phenols is 1. The molecular formula is C14H18O4. The normalized spacial score (nSPS) is 11.9. The quantitative estimate of drug-likeness (QED) is 0.596. The van der Waals surface area contributed by atoms with Gasteiger partial charge >= 0.3 is 5.97 Å². The van der Waals surface area contributed by atoms with E-state index in [0.717, 1.165) is 17.2 Å². The highest BCUT2D eigenvalue weighted by atomic mass is 16.5. The van der Waals surface area contributed by atoms with Gasteiger partial charge in [0, 0.05) is 6.08 Å². The van der Waals surface area contributed by atoms with Crippen LogP contribution in [0.2, 0.25) is 0 Å². The van der Waals surface area contributed by atoms with Crippen molar-refractivity contribution in [1.29, 1.82) is 0 Å². The molecule has 0 heterocycles. The van der Waals surface area contributed by atoms with Gasteiger partial charge in [-0.3, -0.25) is 0 Å². The number of aryl methyl sites for hydroxylation is 2. The first-order valence-electron chi connectivity index (χ1n) is 5.78. The summed E-state index contributed by atoms with van der Waals surface area (Å²) in [5.41, 5.74) is 1.83. The highest BCUT2D eigenvalue weighted by molar-refractivity contribution is 5.81. The maximum atomic E-state index is 10.8. The number of hydrogen-bond donors (Lipinski definition) is 2. The lowest BCUT2D eigenvalue weighted by atomic mass is 10.0. The first kappa shape index (κ1) is 14.3. The third kappa shape index (κ3) is 4.59. The maximum Gasteiger partial charge on any atom is 0.330 e. The summed E-state index contributed by atoms with van der Waals surface area (Å²) in [4.78, 5) is 10.8. The molecule has 18 heavy (non-hydrogen) atoms. The van der Waals surface area contributed by atoms with E-state index in [1.807, 2.05) is 19.1 Å². The Morgan fingerprint density at radius 2 is 2.28 bits per heavy atom. The van der Waals surface area contributed by atoms with Crippen LogP contribution >= 0.6 is 0 Å². The predicted octanol–water partition coefficient (Wildman–Crippen LogP) is 1.72. The summed E-state index contributed by atoms with van der Waals surface area (Å²) in [6, 6.07) is 5.33. The Bertz CT molecular complexity index is 426. The average Bonchev–Trinajstić information content (AvgIpc) is 2.36. The summed E-state index contributed by atoms with van der Waals surface area (Å²) in [5, 5.41) is 19.2. The Balaban J connectivity index is 2.42. The third-order valence-corrected chi connectivity index (χ3v) is 2.57. The molecule has 1 aromatic rings. The molecule has 0 aromatic heterocycles. The zero-order valence-corrected chi connectivity index (χ0v) is 10.4. The van der Waals surface area contributed by atoms with Crippen molar-refractivity contribution in [2.45, 2.75) is 25.9 Å². The van der Waals surface area contributed by atoms with Crippen molar-refractivity contribution in [3.63, 3.8) is 0 Å². The van der Waals surface area contributed by atoms with E-state index in [1.165, 1.54) is 0 Å². The summed E-state index contributed by atoms with van der Waals surface area (Å²) >= 11 is 0. The van der Waals surface area contributed by atoms with Gasteiger partial charge in [-0.1, -0.05) is 24.3 Å². The van der Waals surface area contributed by atoms with E-state index in [9.17, 15) is 15.0 Å². The highest BCUT2D eigenvalue weighted by Gasteiger charge is 2.09. The van der Waals surface area contributed by atoms with Crippen LogP contribution in [0.1, 0.15) is 17.5 Å².